The van der Waals surface area contributed by atoms with Gasteiger partial charge < -0.3 is 28.8 Å². The van der Waals surface area contributed by atoms with E-state index in [0.29, 0.717) is 39.6 Å². The lowest BCUT2D eigenvalue weighted by atomic mass is 10.2. The van der Waals surface area contributed by atoms with E-state index >= 15 is 0 Å². The van der Waals surface area contributed by atoms with Crippen LogP contribution in [0.1, 0.15) is 25.7 Å². The Balaban J connectivity index is 1.71. The van der Waals surface area contributed by atoms with E-state index in [1.54, 1.807) is 0 Å². The lowest BCUT2D eigenvalue weighted by molar-refractivity contribution is -0.169. The van der Waals surface area contributed by atoms with Crippen molar-refractivity contribution in [2.45, 2.75) is 32.0 Å². The highest BCUT2D eigenvalue weighted by molar-refractivity contribution is 5.66. The molecule has 1 unspecified atom stereocenters. The van der Waals surface area contributed by atoms with Crippen LogP contribution in [-0.4, -0.2) is 70.2 Å². The van der Waals surface area contributed by atoms with Crippen molar-refractivity contribution >= 4 is 5.97 Å². The molecule has 7 heteroatoms. The monoisotopic (exact) mass is 306 g/mol. The van der Waals surface area contributed by atoms with Gasteiger partial charge >= 0.3 is 5.97 Å². The van der Waals surface area contributed by atoms with Gasteiger partial charge in [-0.05, 0) is 19.3 Å². The molecule has 0 aromatic heterocycles. The molecule has 1 rings (SSSR count). The van der Waals surface area contributed by atoms with Crippen molar-refractivity contribution in [3.8, 4) is 0 Å². The number of rotatable bonds is 13. The van der Waals surface area contributed by atoms with E-state index in [2.05, 4.69) is 0 Å². The van der Waals surface area contributed by atoms with Crippen molar-refractivity contribution in [3.63, 3.8) is 0 Å². The molecule has 1 aliphatic rings. The van der Waals surface area contributed by atoms with Crippen LogP contribution >= 0.6 is 0 Å². The molecule has 0 aromatic rings. The summed E-state index contributed by atoms with van der Waals surface area (Å²) < 4.78 is 26.7. The summed E-state index contributed by atoms with van der Waals surface area (Å²) in [5, 5.41) is 8.39. The number of aliphatic carboxylic acids is 1. The highest BCUT2D eigenvalue weighted by atomic mass is 16.7. The molecule has 0 amide bonds. The third kappa shape index (κ3) is 11.6. The second-order valence-corrected chi connectivity index (χ2v) is 4.65. The van der Waals surface area contributed by atoms with Gasteiger partial charge in [-0.15, -0.1) is 0 Å². The molecule has 7 nitrogen and oxygen atoms in total. The molecule has 124 valence electrons. The Morgan fingerprint density at radius 2 is 1.57 bits per heavy atom. The molecule has 0 spiro atoms. The Hall–Kier alpha value is -0.730. The first-order valence-corrected chi connectivity index (χ1v) is 7.47. The van der Waals surface area contributed by atoms with E-state index < -0.39 is 5.97 Å². The van der Waals surface area contributed by atoms with Crippen LogP contribution in [0.3, 0.4) is 0 Å². The van der Waals surface area contributed by atoms with Gasteiger partial charge in [0, 0.05) is 6.61 Å². The van der Waals surface area contributed by atoms with Crippen molar-refractivity contribution in [1.29, 1.82) is 0 Å². The summed E-state index contributed by atoms with van der Waals surface area (Å²) in [5.41, 5.74) is 0. The minimum atomic E-state index is -0.856. The quantitative estimate of drug-likeness (QED) is 0.509. The summed E-state index contributed by atoms with van der Waals surface area (Å²) in [6.07, 6.45) is 3.20. The molecule has 0 radical (unpaired) electrons. The molecule has 1 heterocycles. The number of ether oxygens (including phenoxy) is 5. The highest BCUT2D eigenvalue weighted by Crippen LogP contribution is 2.13. The van der Waals surface area contributed by atoms with E-state index in [4.69, 9.17) is 28.8 Å². The fourth-order valence-corrected chi connectivity index (χ4v) is 1.78. The summed E-state index contributed by atoms with van der Waals surface area (Å²) in [4.78, 5) is 10.2. The minimum absolute atomic E-state index is 0.0216. The average molecular weight is 306 g/mol. The topological polar surface area (TPSA) is 83.5 Å². The summed E-state index contributed by atoms with van der Waals surface area (Å²) in [5.74, 6) is -0.856. The molecule has 0 bridgehead atoms. The summed E-state index contributed by atoms with van der Waals surface area (Å²) in [6, 6.07) is 0. The minimum Gasteiger partial charge on any atom is -0.481 e. The second-order valence-electron chi connectivity index (χ2n) is 4.65. The lowest BCUT2D eigenvalue weighted by Gasteiger charge is -2.22. The number of carboxylic acid groups (broad SMARTS) is 1. The number of carbonyl (C=O) groups is 1. The van der Waals surface area contributed by atoms with Gasteiger partial charge in [-0.3, -0.25) is 4.79 Å². The van der Waals surface area contributed by atoms with Gasteiger partial charge in [-0.25, -0.2) is 0 Å². The zero-order chi connectivity index (χ0) is 15.2. The fourth-order valence-electron chi connectivity index (χ4n) is 1.78. The highest BCUT2D eigenvalue weighted by Gasteiger charge is 2.13. The van der Waals surface area contributed by atoms with E-state index in [9.17, 15) is 4.79 Å². The van der Waals surface area contributed by atoms with Gasteiger partial charge in [-0.1, -0.05) is 0 Å². The summed E-state index contributed by atoms with van der Waals surface area (Å²) in [6.45, 7) is 3.89. The van der Waals surface area contributed by atoms with Gasteiger partial charge in [0.2, 0.25) is 0 Å². The van der Waals surface area contributed by atoms with E-state index in [-0.39, 0.29) is 19.3 Å². The third-order valence-corrected chi connectivity index (χ3v) is 2.87. The van der Waals surface area contributed by atoms with Crippen LogP contribution in [0.15, 0.2) is 0 Å². The molecule has 1 saturated heterocycles. The Morgan fingerprint density at radius 3 is 2.14 bits per heavy atom. The van der Waals surface area contributed by atoms with Crippen LogP contribution in [0.2, 0.25) is 0 Å². The van der Waals surface area contributed by atoms with Gasteiger partial charge in [0.15, 0.2) is 6.29 Å². The molecule has 1 atom stereocenters. The second kappa shape index (κ2) is 13.0. The predicted octanol–water partition coefficient (Wildman–Crippen LogP) is 1.05. The fraction of sp³-hybridized carbons (Fsp3) is 0.929. The van der Waals surface area contributed by atoms with E-state index in [0.717, 1.165) is 25.9 Å². The maximum atomic E-state index is 10.2. The standard InChI is InChI=1S/C14H26O7/c15-13(16)4-6-17-7-8-18-9-10-19-11-12-21-14-3-1-2-5-20-14/h14H,1-12H2,(H,15,16). The predicted molar refractivity (Wildman–Crippen MR) is 74.3 cm³/mol. The van der Waals surface area contributed by atoms with Crippen LogP contribution in [0.4, 0.5) is 0 Å². The van der Waals surface area contributed by atoms with E-state index in [1.807, 2.05) is 0 Å². The van der Waals surface area contributed by atoms with Crippen molar-refractivity contribution in [2.24, 2.45) is 0 Å². The van der Waals surface area contributed by atoms with Gasteiger partial charge in [0.05, 0.1) is 52.7 Å². The third-order valence-electron chi connectivity index (χ3n) is 2.87. The first kappa shape index (κ1) is 18.3. The number of hydrogen-bond acceptors (Lipinski definition) is 6. The van der Waals surface area contributed by atoms with Crippen LogP contribution < -0.4 is 0 Å². The van der Waals surface area contributed by atoms with Gasteiger partial charge in [0.1, 0.15) is 0 Å². The Bertz CT molecular complexity index is 254. The van der Waals surface area contributed by atoms with Crippen LogP contribution in [0.25, 0.3) is 0 Å². The summed E-state index contributed by atoms with van der Waals surface area (Å²) in [7, 11) is 0. The Labute approximate surface area is 125 Å². The van der Waals surface area contributed by atoms with E-state index in [1.165, 1.54) is 0 Å². The summed E-state index contributed by atoms with van der Waals surface area (Å²) >= 11 is 0. The smallest absolute Gasteiger partial charge is 0.305 e. The average Bonchev–Trinajstić information content (AvgIpc) is 2.49. The van der Waals surface area contributed by atoms with Crippen molar-refractivity contribution < 1.29 is 33.6 Å². The molecule has 0 aromatic carbocycles. The Kier molecular flexibility index (Phi) is 11.3. The molecule has 21 heavy (non-hydrogen) atoms. The molecule has 0 saturated carbocycles. The molecular weight excluding hydrogens is 280 g/mol. The first-order valence-electron chi connectivity index (χ1n) is 7.47. The van der Waals surface area contributed by atoms with Crippen molar-refractivity contribution in [2.75, 3.05) is 52.9 Å². The zero-order valence-corrected chi connectivity index (χ0v) is 12.5. The molecule has 1 N–H and O–H groups in total. The van der Waals surface area contributed by atoms with Crippen LogP contribution in [0, 0.1) is 0 Å². The van der Waals surface area contributed by atoms with Gasteiger partial charge in [0.25, 0.3) is 0 Å². The SMILES string of the molecule is O=C(O)CCOCCOCCOCCOC1CCCCO1. The van der Waals surface area contributed by atoms with Crippen molar-refractivity contribution in [1.82, 2.24) is 0 Å². The van der Waals surface area contributed by atoms with Crippen molar-refractivity contribution in [3.05, 3.63) is 0 Å². The maximum Gasteiger partial charge on any atom is 0.305 e. The molecular formula is C14H26O7. The number of hydrogen-bond donors (Lipinski definition) is 1. The molecule has 1 fully saturated rings. The molecule has 0 aliphatic carbocycles. The lowest BCUT2D eigenvalue weighted by Crippen LogP contribution is -2.24. The zero-order valence-electron chi connectivity index (χ0n) is 12.5. The Morgan fingerprint density at radius 1 is 0.952 bits per heavy atom. The van der Waals surface area contributed by atoms with Crippen LogP contribution in [0.5, 0.6) is 0 Å². The first-order chi connectivity index (χ1) is 10.3. The normalized spacial score (nSPS) is 18.8. The maximum absolute atomic E-state index is 10.2. The van der Waals surface area contributed by atoms with Gasteiger partial charge in [-0.2, -0.15) is 0 Å². The van der Waals surface area contributed by atoms with Crippen LogP contribution in [-0.2, 0) is 28.5 Å². The molecule has 1 aliphatic heterocycles. The number of carboxylic acids is 1. The largest absolute Gasteiger partial charge is 0.481 e.